The first kappa shape index (κ1) is 19.2. The van der Waals surface area contributed by atoms with Crippen molar-refractivity contribution in [2.45, 2.75) is 39.7 Å². The number of carbonyl (C=O) groups excluding carboxylic acids is 1. The molecule has 2 N–H and O–H groups in total. The van der Waals surface area contributed by atoms with Crippen molar-refractivity contribution in [1.82, 2.24) is 10.3 Å². The molecule has 6 heteroatoms. The molecule has 150 valence electrons. The molecule has 29 heavy (non-hydrogen) atoms. The second kappa shape index (κ2) is 7.70. The van der Waals surface area contributed by atoms with Gasteiger partial charge >= 0.3 is 0 Å². The van der Waals surface area contributed by atoms with Crippen molar-refractivity contribution in [2.75, 3.05) is 6.54 Å². The van der Waals surface area contributed by atoms with E-state index in [1.807, 2.05) is 13.8 Å². The number of H-pyrrole nitrogens is 1. The number of aromatic nitrogens is 1. The average molecular weight is 393 g/mol. The molecule has 0 fully saturated rings. The lowest BCUT2D eigenvalue weighted by molar-refractivity contribution is 0.0751. The van der Waals surface area contributed by atoms with Crippen molar-refractivity contribution >= 4 is 22.5 Å². The summed E-state index contributed by atoms with van der Waals surface area (Å²) in [6.07, 6.45) is 1.06. The van der Waals surface area contributed by atoms with Crippen LogP contribution in [0.4, 0.5) is 4.39 Å². The Morgan fingerprint density at radius 2 is 2.00 bits per heavy atom. The molecule has 5 nitrogen and oxygen atoms in total. The van der Waals surface area contributed by atoms with Gasteiger partial charge in [-0.3, -0.25) is 4.79 Å². The van der Waals surface area contributed by atoms with Gasteiger partial charge in [0.15, 0.2) is 0 Å². The Morgan fingerprint density at radius 1 is 1.24 bits per heavy atom. The molecule has 0 saturated heterocycles. The summed E-state index contributed by atoms with van der Waals surface area (Å²) in [4.78, 5) is 21.5. The molecule has 0 saturated carbocycles. The van der Waals surface area contributed by atoms with Crippen molar-refractivity contribution in [2.24, 2.45) is 5.16 Å². The maximum absolute atomic E-state index is 13.0. The normalized spacial score (nSPS) is 16.0. The predicted octanol–water partition coefficient (Wildman–Crippen LogP) is 4.35. The number of oxime groups is 1. The van der Waals surface area contributed by atoms with E-state index < -0.39 is 0 Å². The number of carbonyl (C=O) groups is 1. The molecule has 1 aliphatic rings. The van der Waals surface area contributed by atoms with E-state index in [-0.39, 0.29) is 17.8 Å². The molecule has 4 rings (SSSR count). The van der Waals surface area contributed by atoms with Gasteiger partial charge in [-0.2, -0.15) is 0 Å². The van der Waals surface area contributed by atoms with Crippen LogP contribution in [-0.2, 0) is 11.3 Å². The third kappa shape index (κ3) is 4.01. The zero-order valence-corrected chi connectivity index (χ0v) is 16.8. The van der Waals surface area contributed by atoms with Crippen molar-refractivity contribution in [1.29, 1.82) is 0 Å². The minimum absolute atomic E-state index is 0.147. The quantitative estimate of drug-likeness (QED) is 0.677. The van der Waals surface area contributed by atoms with E-state index in [0.717, 1.165) is 33.3 Å². The summed E-state index contributed by atoms with van der Waals surface area (Å²) >= 11 is 0. The number of aryl methyl sites for hydroxylation is 3. The van der Waals surface area contributed by atoms with Crippen LogP contribution >= 0.6 is 0 Å². The highest BCUT2D eigenvalue weighted by molar-refractivity contribution is 6.01. The van der Waals surface area contributed by atoms with E-state index in [1.165, 1.54) is 17.7 Å². The first-order chi connectivity index (χ1) is 13.9. The SMILES string of the molecule is Cc1cc(C)c2[nH]c(C(=O)NC[C@@H]3CC(Cc4ccc(F)cc4)=NO3)c(C)c2c1. The van der Waals surface area contributed by atoms with Gasteiger partial charge in [0.05, 0.1) is 12.3 Å². The Balaban J connectivity index is 1.36. The van der Waals surface area contributed by atoms with Crippen LogP contribution in [0.5, 0.6) is 0 Å². The molecule has 1 aromatic heterocycles. The number of amides is 1. The molecule has 2 aromatic carbocycles. The molecule has 0 aliphatic carbocycles. The van der Waals surface area contributed by atoms with Gasteiger partial charge < -0.3 is 15.1 Å². The number of benzene rings is 2. The number of hydrogen-bond acceptors (Lipinski definition) is 3. The summed E-state index contributed by atoms with van der Waals surface area (Å²) in [6, 6.07) is 10.6. The van der Waals surface area contributed by atoms with Crippen LogP contribution in [0.25, 0.3) is 10.9 Å². The first-order valence-electron chi connectivity index (χ1n) is 9.74. The summed E-state index contributed by atoms with van der Waals surface area (Å²) in [5.74, 6) is -0.400. The molecule has 3 aromatic rings. The minimum Gasteiger partial charge on any atom is -0.390 e. The summed E-state index contributed by atoms with van der Waals surface area (Å²) in [7, 11) is 0. The smallest absolute Gasteiger partial charge is 0.268 e. The van der Waals surface area contributed by atoms with Gasteiger partial charge in [0.25, 0.3) is 5.91 Å². The fourth-order valence-corrected chi connectivity index (χ4v) is 3.84. The fourth-order valence-electron chi connectivity index (χ4n) is 3.84. The Morgan fingerprint density at radius 3 is 2.76 bits per heavy atom. The van der Waals surface area contributed by atoms with Crippen molar-refractivity contribution in [3.05, 3.63) is 70.2 Å². The second-order valence-corrected chi connectivity index (χ2v) is 7.73. The zero-order chi connectivity index (χ0) is 20.5. The Hall–Kier alpha value is -3.15. The number of fused-ring (bicyclic) bond motifs is 1. The zero-order valence-electron chi connectivity index (χ0n) is 16.8. The van der Waals surface area contributed by atoms with Gasteiger partial charge in [-0.25, -0.2) is 4.39 Å². The largest absolute Gasteiger partial charge is 0.390 e. The molecule has 2 heterocycles. The van der Waals surface area contributed by atoms with Gasteiger partial charge in [-0.15, -0.1) is 0 Å². The Labute approximate surface area is 168 Å². The number of rotatable bonds is 5. The van der Waals surface area contributed by atoms with E-state index in [0.29, 0.717) is 25.1 Å². The maximum Gasteiger partial charge on any atom is 0.268 e. The number of nitrogens with one attached hydrogen (secondary N) is 2. The summed E-state index contributed by atoms with van der Waals surface area (Å²) in [6.45, 7) is 6.43. The van der Waals surface area contributed by atoms with Crippen LogP contribution in [0, 0.1) is 26.6 Å². The molecule has 0 unspecified atom stereocenters. The Bertz CT molecular complexity index is 1100. The lowest BCUT2D eigenvalue weighted by Gasteiger charge is -2.09. The lowest BCUT2D eigenvalue weighted by atomic mass is 10.0. The van der Waals surface area contributed by atoms with E-state index in [4.69, 9.17) is 4.84 Å². The number of hydrogen-bond donors (Lipinski definition) is 2. The maximum atomic E-state index is 13.0. The van der Waals surface area contributed by atoms with Crippen LogP contribution in [-0.4, -0.2) is 29.3 Å². The predicted molar refractivity (Wildman–Crippen MR) is 112 cm³/mol. The highest BCUT2D eigenvalue weighted by Gasteiger charge is 2.23. The molecule has 0 bridgehead atoms. The minimum atomic E-state index is -0.253. The van der Waals surface area contributed by atoms with Crippen LogP contribution in [0.15, 0.2) is 41.6 Å². The van der Waals surface area contributed by atoms with Gasteiger partial charge in [-0.1, -0.05) is 28.9 Å². The topological polar surface area (TPSA) is 66.5 Å². The average Bonchev–Trinajstić information content (AvgIpc) is 3.27. The number of nitrogens with zero attached hydrogens (tertiary/aromatic N) is 1. The summed E-state index contributed by atoms with van der Waals surface area (Å²) in [5.41, 5.74) is 6.71. The van der Waals surface area contributed by atoms with Gasteiger partial charge in [-0.05, 0) is 55.7 Å². The summed E-state index contributed by atoms with van der Waals surface area (Å²) < 4.78 is 13.0. The molecule has 1 aliphatic heterocycles. The van der Waals surface area contributed by atoms with Gasteiger partial charge in [0.1, 0.15) is 17.6 Å². The van der Waals surface area contributed by atoms with Crippen LogP contribution in [0.2, 0.25) is 0 Å². The van der Waals surface area contributed by atoms with E-state index in [2.05, 4.69) is 34.5 Å². The first-order valence-corrected chi connectivity index (χ1v) is 9.74. The van der Waals surface area contributed by atoms with Crippen LogP contribution in [0.3, 0.4) is 0 Å². The van der Waals surface area contributed by atoms with Crippen molar-refractivity contribution < 1.29 is 14.0 Å². The third-order valence-electron chi connectivity index (χ3n) is 5.34. The summed E-state index contributed by atoms with van der Waals surface area (Å²) in [5, 5.41) is 8.15. The lowest BCUT2D eigenvalue weighted by Crippen LogP contribution is -2.32. The molecular weight excluding hydrogens is 369 g/mol. The van der Waals surface area contributed by atoms with E-state index in [9.17, 15) is 9.18 Å². The van der Waals surface area contributed by atoms with Crippen molar-refractivity contribution in [3.8, 4) is 0 Å². The number of halogens is 1. The second-order valence-electron chi connectivity index (χ2n) is 7.73. The van der Waals surface area contributed by atoms with Gasteiger partial charge in [0.2, 0.25) is 0 Å². The third-order valence-corrected chi connectivity index (χ3v) is 5.34. The molecule has 1 amide bonds. The molecule has 0 spiro atoms. The van der Waals surface area contributed by atoms with Crippen LogP contribution in [0.1, 0.15) is 39.2 Å². The number of aromatic amines is 1. The van der Waals surface area contributed by atoms with Crippen molar-refractivity contribution in [3.63, 3.8) is 0 Å². The fraction of sp³-hybridized carbons (Fsp3) is 0.304. The molecule has 1 atom stereocenters. The monoisotopic (exact) mass is 393 g/mol. The highest BCUT2D eigenvalue weighted by atomic mass is 19.1. The molecular formula is C23H24FN3O2. The Kier molecular flexibility index (Phi) is 5.09. The molecule has 0 radical (unpaired) electrons. The van der Waals surface area contributed by atoms with E-state index in [1.54, 1.807) is 12.1 Å². The van der Waals surface area contributed by atoms with E-state index >= 15 is 0 Å². The standard InChI is InChI=1S/C23H24FN3O2/c1-13-8-14(2)21-20(9-13)15(3)22(26-21)23(28)25-12-19-11-18(27-29-19)10-16-4-6-17(24)7-5-16/h4-9,19,26H,10-12H2,1-3H3,(H,25,28)/t19-/m0/s1. The van der Waals surface area contributed by atoms with Crippen LogP contribution < -0.4 is 5.32 Å². The van der Waals surface area contributed by atoms with Gasteiger partial charge in [0, 0.05) is 23.7 Å². The highest BCUT2D eigenvalue weighted by Crippen LogP contribution is 2.26.